The average Bonchev–Trinajstić information content (AvgIpc) is 2.78. The zero-order chi connectivity index (χ0) is 22.0. The van der Waals surface area contributed by atoms with Crippen LogP contribution >= 0.6 is 11.6 Å². The van der Waals surface area contributed by atoms with Crippen molar-refractivity contribution in [2.45, 2.75) is 0 Å². The highest BCUT2D eigenvalue weighted by Crippen LogP contribution is 2.32. The second-order valence-electron chi connectivity index (χ2n) is 6.62. The van der Waals surface area contributed by atoms with Crippen molar-refractivity contribution in [3.8, 4) is 28.6 Å². The van der Waals surface area contributed by atoms with Crippen LogP contribution in [0.1, 0.15) is 5.56 Å². The van der Waals surface area contributed by atoms with Crippen LogP contribution in [0.3, 0.4) is 0 Å². The molecule has 0 aliphatic rings. The summed E-state index contributed by atoms with van der Waals surface area (Å²) in [6.07, 6.45) is 1.48. The summed E-state index contributed by atoms with van der Waals surface area (Å²) in [5.41, 5.74) is 1.34. The van der Waals surface area contributed by atoms with Gasteiger partial charge < -0.3 is 14.6 Å². The van der Waals surface area contributed by atoms with Crippen LogP contribution in [0, 0.1) is 0 Å². The maximum absolute atomic E-state index is 13.3. The first-order valence-corrected chi connectivity index (χ1v) is 9.66. The second kappa shape index (κ2) is 8.49. The Morgan fingerprint density at radius 1 is 1.03 bits per heavy atom. The van der Waals surface area contributed by atoms with Gasteiger partial charge in [-0.1, -0.05) is 23.7 Å². The van der Waals surface area contributed by atoms with Gasteiger partial charge in [-0.25, -0.2) is 4.98 Å². The third-order valence-corrected chi connectivity index (χ3v) is 4.88. The molecule has 0 fully saturated rings. The van der Waals surface area contributed by atoms with Gasteiger partial charge in [0.05, 0.1) is 31.3 Å². The number of benzene rings is 3. The Balaban J connectivity index is 1.96. The van der Waals surface area contributed by atoms with Crippen LogP contribution in [0.2, 0.25) is 5.02 Å². The molecule has 0 aliphatic heterocycles. The normalized spacial score (nSPS) is 11.2. The number of aromatic hydroxyl groups is 1. The highest BCUT2D eigenvalue weighted by atomic mass is 35.5. The first kappa shape index (κ1) is 20.4. The predicted octanol–water partition coefficient (Wildman–Crippen LogP) is 4.32. The van der Waals surface area contributed by atoms with E-state index in [0.29, 0.717) is 44.4 Å². The summed E-state index contributed by atoms with van der Waals surface area (Å²) in [4.78, 5) is 17.9. The first-order valence-electron chi connectivity index (χ1n) is 9.28. The lowest BCUT2D eigenvalue weighted by molar-refractivity contribution is 0.355. The number of methoxy groups -OCH3 is 2. The summed E-state index contributed by atoms with van der Waals surface area (Å²) >= 11 is 6.09. The number of ether oxygens (including phenoxy) is 2. The third-order valence-electron chi connectivity index (χ3n) is 4.64. The number of hydrogen-bond donors (Lipinski definition) is 1. The molecule has 4 aromatic rings. The van der Waals surface area contributed by atoms with Gasteiger partial charge in [-0.3, -0.25) is 4.79 Å². The Hall–Kier alpha value is -3.84. The molecule has 7 nitrogen and oxygen atoms in total. The van der Waals surface area contributed by atoms with E-state index in [-0.39, 0.29) is 11.3 Å². The molecule has 0 saturated carbocycles. The van der Waals surface area contributed by atoms with Crippen molar-refractivity contribution in [3.05, 3.63) is 81.6 Å². The Labute approximate surface area is 182 Å². The highest BCUT2D eigenvalue weighted by Gasteiger charge is 2.15. The lowest BCUT2D eigenvalue weighted by Crippen LogP contribution is -2.20. The first-order chi connectivity index (χ1) is 15.0. The fraction of sp³-hybridized carbons (Fsp3) is 0.0870. The zero-order valence-corrected chi connectivity index (χ0v) is 17.5. The molecule has 1 N–H and O–H groups in total. The van der Waals surface area contributed by atoms with Crippen molar-refractivity contribution < 1.29 is 14.6 Å². The number of rotatable bonds is 5. The fourth-order valence-electron chi connectivity index (χ4n) is 3.15. The molecule has 1 heterocycles. The van der Waals surface area contributed by atoms with Gasteiger partial charge >= 0.3 is 0 Å². The molecule has 0 bridgehead atoms. The van der Waals surface area contributed by atoms with E-state index in [9.17, 15) is 9.90 Å². The van der Waals surface area contributed by atoms with E-state index in [1.807, 2.05) is 0 Å². The molecule has 4 rings (SSSR count). The largest absolute Gasteiger partial charge is 0.508 e. The number of hydrogen-bond acceptors (Lipinski definition) is 6. The van der Waals surface area contributed by atoms with Crippen molar-refractivity contribution in [1.29, 1.82) is 0 Å². The molecular formula is C23H18ClN3O4. The number of phenols is 1. The van der Waals surface area contributed by atoms with E-state index in [0.717, 1.165) is 0 Å². The summed E-state index contributed by atoms with van der Waals surface area (Å²) < 4.78 is 11.9. The van der Waals surface area contributed by atoms with Gasteiger partial charge in [-0.05, 0) is 54.1 Å². The lowest BCUT2D eigenvalue weighted by Gasteiger charge is -2.12. The molecule has 156 valence electrons. The Morgan fingerprint density at radius 2 is 1.84 bits per heavy atom. The van der Waals surface area contributed by atoms with E-state index in [4.69, 9.17) is 21.1 Å². The summed E-state index contributed by atoms with van der Waals surface area (Å²) in [6, 6.07) is 16.7. The van der Waals surface area contributed by atoms with Gasteiger partial charge in [0.2, 0.25) is 0 Å². The van der Waals surface area contributed by atoms with Crippen LogP contribution in [-0.2, 0) is 0 Å². The van der Waals surface area contributed by atoms with Crippen molar-refractivity contribution in [1.82, 2.24) is 9.66 Å². The Morgan fingerprint density at radius 3 is 2.58 bits per heavy atom. The van der Waals surface area contributed by atoms with Gasteiger partial charge in [-0.15, -0.1) is 0 Å². The molecule has 1 aromatic heterocycles. The monoisotopic (exact) mass is 435 g/mol. The molecule has 0 aliphatic carbocycles. The second-order valence-corrected chi connectivity index (χ2v) is 7.06. The smallest absolute Gasteiger partial charge is 0.282 e. The van der Waals surface area contributed by atoms with Crippen molar-refractivity contribution in [3.63, 3.8) is 0 Å². The number of phenolic OH excluding ortho intramolecular Hbond substituents is 1. The average molecular weight is 436 g/mol. The standard InChI is InChI=1S/C23H18ClN3O4/c1-30-20-9-6-15(11-21(20)31-2)22-26-19-8-7-16(24)12-18(19)23(29)27(22)25-13-14-4-3-5-17(28)10-14/h3-13,28H,1-2H3. The maximum Gasteiger partial charge on any atom is 0.282 e. The predicted molar refractivity (Wildman–Crippen MR) is 121 cm³/mol. The van der Waals surface area contributed by atoms with E-state index in [1.165, 1.54) is 24.1 Å². The van der Waals surface area contributed by atoms with Gasteiger partial charge in [0, 0.05) is 10.6 Å². The summed E-state index contributed by atoms with van der Waals surface area (Å²) in [5.74, 6) is 1.46. The summed E-state index contributed by atoms with van der Waals surface area (Å²) in [6.45, 7) is 0. The molecule has 0 spiro atoms. The quantitative estimate of drug-likeness (QED) is 0.472. The van der Waals surface area contributed by atoms with Crippen LogP contribution in [0.15, 0.2) is 70.6 Å². The maximum atomic E-state index is 13.3. The minimum Gasteiger partial charge on any atom is -0.508 e. The van der Waals surface area contributed by atoms with Crippen molar-refractivity contribution in [2.24, 2.45) is 5.10 Å². The fourth-order valence-corrected chi connectivity index (χ4v) is 3.32. The van der Waals surface area contributed by atoms with Crippen molar-refractivity contribution in [2.75, 3.05) is 14.2 Å². The summed E-state index contributed by atoms with van der Waals surface area (Å²) in [7, 11) is 3.08. The number of aromatic nitrogens is 2. The zero-order valence-electron chi connectivity index (χ0n) is 16.7. The Bertz CT molecular complexity index is 1370. The Kier molecular flexibility index (Phi) is 5.60. The van der Waals surface area contributed by atoms with E-state index in [2.05, 4.69) is 10.1 Å². The van der Waals surface area contributed by atoms with Crippen molar-refractivity contribution >= 4 is 28.7 Å². The molecular weight excluding hydrogens is 418 g/mol. The molecule has 0 saturated heterocycles. The third kappa shape index (κ3) is 4.08. The molecule has 0 radical (unpaired) electrons. The van der Waals surface area contributed by atoms with E-state index < -0.39 is 0 Å². The van der Waals surface area contributed by atoms with Crippen LogP contribution in [-0.4, -0.2) is 35.2 Å². The minimum absolute atomic E-state index is 0.0971. The molecule has 8 heteroatoms. The lowest BCUT2D eigenvalue weighted by atomic mass is 10.1. The van der Waals surface area contributed by atoms with Gasteiger partial charge in [-0.2, -0.15) is 9.78 Å². The van der Waals surface area contributed by atoms with E-state index in [1.54, 1.807) is 61.7 Å². The molecule has 0 unspecified atom stereocenters. The van der Waals surface area contributed by atoms with Crippen LogP contribution < -0.4 is 15.0 Å². The van der Waals surface area contributed by atoms with Gasteiger partial charge in [0.1, 0.15) is 5.75 Å². The molecule has 3 aromatic carbocycles. The SMILES string of the molecule is COc1ccc(-c2nc3ccc(Cl)cc3c(=O)n2N=Cc2cccc(O)c2)cc1OC. The number of halogens is 1. The summed E-state index contributed by atoms with van der Waals surface area (Å²) in [5, 5.41) is 14.8. The highest BCUT2D eigenvalue weighted by molar-refractivity contribution is 6.31. The van der Waals surface area contributed by atoms with Gasteiger partial charge in [0.15, 0.2) is 17.3 Å². The molecule has 0 amide bonds. The van der Waals surface area contributed by atoms with Crippen LogP contribution in [0.5, 0.6) is 17.2 Å². The topological polar surface area (TPSA) is 85.9 Å². The van der Waals surface area contributed by atoms with Crippen LogP contribution in [0.4, 0.5) is 0 Å². The number of fused-ring (bicyclic) bond motifs is 1. The molecule has 31 heavy (non-hydrogen) atoms. The minimum atomic E-state index is -0.381. The van der Waals surface area contributed by atoms with E-state index >= 15 is 0 Å². The molecule has 0 atom stereocenters. The van der Waals surface area contributed by atoms with Crippen LogP contribution in [0.25, 0.3) is 22.3 Å². The van der Waals surface area contributed by atoms with Gasteiger partial charge in [0.25, 0.3) is 5.56 Å². The number of nitrogens with zero attached hydrogens (tertiary/aromatic N) is 3.